The minimum absolute atomic E-state index is 0.0173. The van der Waals surface area contributed by atoms with Crippen LogP contribution in [0.1, 0.15) is 26.2 Å². The van der Waals surface area contributed by atoms with Gasteiger partial charge in [-0.25, -0.2) is 0 Å². The largest absolute Gasteiger partial charge is 0.352 e. The van der Waals surface area contributed by atoms with Crippen LogP contribution in [0.15, 0.2) is 30.3 Å². The Labute approximate surface area is 125 Å². The van der Waals surface area contributed by atoms with Gasteiger partial charge in [0, 0.05) is 38.2 Å². The maximum Gasteiger partial charge on any atom is 0.225 e. The molecule has 0 spiro atoms. The zero-order valence-electron chi connectivity index (χ0n) is 12.5. The van der Waals surface area contributed by atoms with E-state index >= 15 is 0 Å². The van der Waals surface area contributed by atoms with Crippen LogP contribution in [0.3, 0.4) is 0 Å². The van der Waals surface area contributed by atoms with Crippen molar-refractivity contribution in [1.82, 2.24) is 10.2 Å². The zero-order chi connectivity index (χ0) is 15.1. The second-order valence-electron chi connectivity index (χ2n) is 5.50. The first-order chi connectivity index (χ1) is 10.1. The summed E-state index contributed by atoms with van der Waals surface area (Å²) in [6.07, 6.45) is 2.55. The lowest BCUT2D eigenvalue weighted by Gasteiger charge is -2.32. The highest BCUT2D eigenvalue weighted by Crippen LogP contribution is 2.11. The van der Waals surface area contributed by atoms with Gasteiger partial charge in [0.05, 0.1) is 0 Å². The predicted octanol–water partition coefficient (Wildman–Crippen LogP) is 1.62. The first-order valence-electron chi connectivity index (χ1n) is 7.48. The van der Waals surface area contributed by atoms with Crippen molar-refractivity contribution < 1.29 is 9.59 Å². The second-order valence-corrected chi connectivity index (χ2v) is 5.50. The number of carbonyl (C=O) groups excluding carboxylic acids is 2. The van der Waals surface area contributed by atoms with E-state index in [2.05, 4.69) is 15.5 Å². The summed E-state index contributed by atoms with van der Waals surface area (Å²) in [6, 6.07) is 9.70. The van der Waals surface area contributed by atoms with Gasteiger partial charge < -0.3 is 15.5 Å². The van der Waals surface area contributed by atoms with Crippen LogP contribution >= 0.6 is 0 Å². The molecule has 0 saturated carbocycles. The van der Waals surface area contributed by atoms with Gasteiger partial charge >= 0.3 is 0 Å². The van der Waals surface area contributed by atoms with E-state index in [-0.39, 0.29) is 17.9 Å². The van der Waals surface area contributed by atoms with Gasteiger partial charge in [-0.2, -0.15) is 0 Å². The molecule has 21 heavy (non-hydrogen) atoms. The highest BCUT2D eigenvalue weighted by atomic mass is 16.2. The lowest BCUT2D eigenvalue weighted by molar-refractivity contribution is -0.120. The maximum absolute atomic E-state index is 11.9. The van der Waals surface area contributed by atoms with Crippen LogP contribution in [0.5, 0.6) is 0 Å². The number of anilines is 1. The van der Waals surface area contributed by atoms with Crippen LogP contribution in [0, 0.1) is 0 Å². The summed E-state index contributed by atoms with van der Waals surface area (Å²) in [6.45, 7) is 4.11. The van der Waals surface area contributed by atoms with Crippen molar-refractivity contribution in [1.29, 1.82) is 0 Å². The average Bonchev–Trinajstić information content (AvgIpc) is 2.46. The Balaban J connectivity index is 1.72. The number of hydrogen-bond donors (Lipinski definition) is 2. The van der Waals surface area contributed by atoms with Crippen LogP contribution in [0.25, 0.3) is 0 Å². The number of nitrogens with one attached hydrogen (secondary N) is 2. The third-order valence-corrected chi connectivity index (χ3v) is 3.63. The molecule has 1 aromatic carbocycles. The molecule has 0 bridgehead atoms. The summed E-state index contributed by atoms with van der Waals surface area (Å²) in [5.41, 5.74) is 0.831. The molecule has 5 heteroatoms. The van der Waals surface area contributed by atoms with E-state index < -0.39 is 0 Å². The van der Waals surface area contributed by atoms with Crippen molar-refractivity contribution >= 4 is 17.5 Å². The van der Waals surface area contributed by atoms with Crippen molar-refractivity contribution in [3.63, 3.8) is 0 Å². The third kappa shape index (κ3) is 5.55. The van der Waals surface area contributed by atoms with Gasteiger partial charge in [0.25, 0.3) is 0 Å². The van der Waals surface area contributed by atoms with E-state index in [0.717, 1.165) is 38.2 Å². The lowest BCUT2D eigenvalue weighted by atomic mass is 10.1. The van der Waals surface area contributed by atoms with Gasteiger partial charge in [0.2, 0.25) is 11.8 Å². The Morgan fingerprint density at radius 2 is 2.05 bits per heavy atom. The standard InChI is InChI=1S/C16H23N3O2/c1-13(20)17-15-8-5-10-19(12-15)11-9-16(21)18-14-6-3-2-4-7-14/h2-4,6-7,15H,5,8-12H2,1H3,(H,17,20)(H,18,21). The van der Waals surface area contributed by atoms with E-state index in [1.807, 2.05) is 30.3 Å². The Morgan fingerprint density at radius 3 is 2.76 bits per heavy atom. The van der Waals surface area contributed by atoms with Gasteiger partial charge in [-0.05, 0) is 31.5 Å². The van der Waals surface area contributed by atoms with Gasteiger partial charge in [-0.15, -0.1) is 0 Å². The SMILES string of the molecule is CC(=O)NC1CCCN(CCC(=O)Nc2ccccc2)C1. The van der Waals surface area contributed by atoms with Crippen LogP contribution in [-0.2, 0) is 9.59 Å². The van der Waals surface area contributed by atoms with E-state index in [1.54, 1.807) is 6.92 Å². The molecule has 1 unspecified atom stereocenters. The fraction of sp³-hybridized carbons (Fsp3) is 0.500. The fourth-order valence-electron chi connectivity index (χ4n) is 2.67. The highest BCUT2D eigenvalue weighted by molar-refractivity contribution is 5.90. The predicted molar refractivity (Wildman–Crippen MR) is 83.0 cm³/mol. The first-order valence-corrected chi connectivity index (χ1v) is 7.48. The number of likely N-dealkylation sites (tertiary alicyclic amines) is 1. The van der Waals surface area contributed by atoms with Crippen LogP contribution < -0.4 is 10.6 Å². The molecule has 5 nitrogen and oxygen atoms in total. The van der Waals surface area contributed by atoms with Crippen molar-refractivity contribution in [3.8, 4) is 0 Å². The molecule has 0 radical (unpaired) electrons. The van der Waals surface area contributed by atoms with E-state index in [0.29, 0.717) is 6.42 Å². The lowest BCUT2D eigenvalue weighted by Crippen LogP contribution is -2.47. The Morgan fingerprint density at radius 1 is 1.29 bits per heavy atom. The Bertz CT molecular complexity index is 476. The number of para-hydroxylation sites is 1. The van der Waals surface area contributed by atoms with Gasteiger partial charge in [-0.3, -0.25) is 9.59 Å². The average molecular weight is 289 g/mol. The smallest absolute Gasteiger partial charge is 0.225 e. The quantitative estimate of drug-likeness (QED) is 0.866. The molecular formula is C16H23N3O2. The van der Waals surface area contributed by atoms with Crippen molar-refractivity contribution in [2.75, 3.05) is 25.0 Å². The van der Waals surface area contributed by atoms with Gasteiger partial charge in [0.1, 0.15) is 0 Å². The van der Waals surface area contributed by atoms with Crippen molar-refractivity contribution in [2.45, 2.75) is 32.2 Å². The number of carbonyl (C=O) groups is 2. The molecule has 1 atom stereocenters. The van der Waals surface area contributed by atoms with Crippen LogP contribution in [0.2, 0.25) is 0 Å². The molecule has 2 amide bonds. The van der Waals surface area contributed by atoms with Crippen LogP contribution in [0.4, 0.5) is 5.69 Å². The fourth-order valence-corrected chi connectivity index (χ4v) is 2.67. The summed E-state index contributed by atoms with van der Waals surface area (Å²) in [7, 11) is 0. The van der Waals surface area contributed by atoms with Crippen molar-refractivity contribution in [2.24, 2.45) is 0 Å². The monoisotopic (exact) mass is 289 g/mol. The van der Waals surface area contributed by atoms with E-state index in [4.69, 9.17) is 0 Å². The van der Waals surface area contributed by atoms with Crippen molar-refractivity contribution in [3.05, 3.63) is 30.3 Å². The third-order valence-electron chi connectivity index (χ3n) is 3.63. The maximum atomic E-state index is 11.9. The van der Waals surface area contributed by atoms with Gasteiger partial charge in [-0.1, -0.05) is 18.2 Å². The number of benzene rings is 1. The number of amides is 2. The molecule has 1 aliphatic rings. The topological polar surface area (TPSA) is 61.4 Å². The summed E-state index contributed by atoms with van der Waals surface area (Å²) in [5, 5.41) is 5.85. The van der Waals surface area contributed by atoms with E-state index in [1.165, 1.54) is 0 Å². The number of nitrogens with zero attached hydrogens (tertiary/aromatic N) is 1. The molecule has 1 fully saturated rings. The second kappa shape index (κ2) is 7.78. The number of piperidine rings is 1. The molecule has 0 aliphatic carbocycles. The summed E-state index contributed by atoms with van der Waals surface area (Å²) in [5.74, 6) is 0.0477. The molecule has 1 aliphatic heterocycles. The highest BCUT2D eigenvalue weighted by Gasteiger charge is 2.20. The molecular weight excluding hydrogens is 266 g/mol. The van der Waals surface area contributed by atoms with E-state index in [9.17, 15) is 9.59 Å². The molecule has 2 rings (SSSR count). The Hall–Kier alpha value is -1.88. The number of hydrogen-bond acceptors (Lipinski definition) is 3. The molecule has 114 valence electrons. The minimum atomic E-state index is 0.0173. The molecule has 1 aromatic rings. The zero-order valence-corrected chi connectivity index (χ0v) is 12.5. The normalized spacial score (nSPS) is 19.0. The van der Waals surface area contributed by atoms with Gasteiger partial charge in [0.15, 0.2) is 0 Å². The van der Waals surface area contributed by atoms with Crippen LogP contribution in [-0.4, -0.2) is 42.4 Å². The molecule has 1 heterocycles. The summed E-state index contributed by atoms with van der Waals surface area (Å²) < 4.78 is 0. The molecule has 2 N–H and O–H groups in total. The first kappa shape index (κ1) is 15.5. The molecule has 0 aromatic heterocycles. The molecule has 1 saturated heterocycles. The minimum Gasteiger partial charge on any atom is -0.352 e. The number of rotatable bonds is 5. The Kier molecular flexibility index (Phi) is 5.75. The summed E-state index contributed by atoms with van der Waals surface area (Å²) >= 11 is 0. The summed E-state index contributed by atoms with van der Waals surface area (Å²) in [4.78, 5) is 25.2.